The number of rotatable bonds is 4. The van der Waals surface area contributed by atoms with Gasteiger partial charge in [0, 0.05) is 31.0 Å². The molecule has 1 unspecified atom stereocenters. The van der Waals surface area contributed by atoms with Crippen LogP contribution in [0.2, 0.25) is 0 Å². The fraction of sp³-hybridized carbons (Fsp3) is 0.700. The summed E-state index contributed by atoms with van der Waals surface area (Å²) in [5.41, 5.74) is 1.16. The Hall–Kier alpha value is -0.870. The van der Waals surface area contributed by atoms with Crippen molar-refractivity contribution in [3.8, 4) is 0 Å². The monoisotopic (exact) mass is 194 g/mol. The maximum absolute atomic E-state index is 3.98. The molecule has 0 radical (unpaired) electrons. The lowest BCUT2D eigenvalue weighted by atomic mass is 10.2. The molecule has 0 saturated carbocycles. The second-order valence-electron chi connectivity index (χ2n) is 3.98. The van der Waals surface area contributed by atoms with Gasteiger partial charge in [-0.15, -0.1) is 0 Å². The zero-order chi connectivity index (χ0) is 9.80. The van der Waals surface area contributed by atoms with Crippen molar-refractivity contribution >= 4 is 0 Å². The molecule has 1 aromatic rings. The minimum absolute atomic E-state index is 0.720. The third-order valence-corrected chi connectivity index (χ3v) is 2.92. The number of nitrogens with zero attached hydrogens (tertiary/aromatic N) is 2. The highest BCUT2D eigenvalue weighted by Gasteiger charge is 2.19. The van der Waals surface area contributed by atoms with Crippen LogP contribution in [-0.2, 0) is 6.54 Å². The number of aromatic nitrogens is 2. The molecule has 78 valence electrons. The summed E-state index contributed by atoms with van der Waals surface area (Å²) in [4.78, 5) is 9.50. The predicted octanol–water partition coefficient (Wildman–Crippen LogP) is 0.593. The third kappa shape index (κ3) is 2.33. The van der Waals surface area contributed by atoms with Crippen molar-refractivity contribution in [2.24, 2.45) is 0 Å². The molecule has 0 amide bonds. The molecule has 1 fully saturated rings. The van der Waals surface area contributed by atoms with E-state index >= 15 is 0 Å². The van der Waals surface area contributed by atoms with Gasteiger partial charge in [-0.25, -0.2) is 4.98 Å². The Kier molecular flexibility index (Phi) is 3.16. The highest BCUT2D eigenvalue weighted by molar-refractivity contribution is 4.93. The molecule has 0 spiro atoms. The van der Waals surface area contributed by atoms with Crippen LogP contribution in [-0.4, -0.2) is 41.0 Å². The molecule has 0 bridgehead atoms. The number of hydrogen-bond donors (Lipinski definition) is 2. The second kappa shape index (κ2) is 4.57. The largest absolute Gasteiger partial charge is 0.347 e. The Labute approximate surface area is 84.7 Å². The summed E-state index contributed by atoms with van der Waals surface area (Å²) in [5, 5.41) is 3.45. The molecular weight excluding hydrogens is 176 g/mol. The van der Waals surface area contributed by atoms with Gasteiger partial charge in [0.1, 0.15) is 0 Å². The number of imidazole rings is 1. The molecule has 0 aromatic carbocycles. The Morgan fingerprint density at radius 1 is 1.71 bits per heavy atom. The van der Waals surface area contributed by atoms with E-state index in [1.165, 1.54) is 19.4 Å². The zero-order valence-corrected chi connectivity index (χ0v) is 8.66. The number of likely N-dealkylation sites (N-methyl/N-ethyl adjacent to an activating group) is 1. The summed E-state index contributed by atoms with van der Waals surface area (Å²) in [5.74, 6) is 0. The first-order valence-corrected chi connectivity index (χ1v) is 5.24. The maximum Gasteiger partial charge on any atom is 0.0922 e. The zero-order valence-electron chi connectivity index (χ0n) is 8.66. The van der Waals surface area contributed by atoms with Crippen LogP contribution >= 0.6 is 0 Å². The Morgan fingerprint density at radius 2 is 2.64 bits per heavy atom. The average Bonchev–Trinajstić information content (AvgIpc) is 2.78. The lowest BCUT2D eigenvalue weighted by Crippen LogP contribution is -2.35. The molecule has 1 atom stereocenters. The van der Waals surface area contributed by atoms with Crippen molar-refractivity contribution in [1.29, 1.82) is 0 Å². The number of likely N-dealkylation sites (tertiary alicyclic amines) is 1. The molecule has 1 aliphatic rings. The van der Waals surface area contributed by atoms with E-state index in [4.69, 9.17) is 0 Å². The lowest BCUT2D eigenvalue weighted by Gasteiger charge is -2.19. The summed E-state index contributed by atoms with van der Waals surface area (Å²) in [6.07, 6.45) is 6.25. The first kappa shape index (κ1) is 9.68. The summed E-state index contributed by atoms with van der Waals surface area (Å²) in [6, 6.07) is 0.720. The molecule has 2 N–H and O–H groups in total. The van der Waals surface area contributed by atoms with Gasteiger partial charge in [0.2, 0.25) is 0 Å². The normalized spacial score (nSPS) is 23.1. The number of nitrogens with one attached hydrogen (secondary N) is 2. The first-order valence-electron chi connectivity index (χ1n) is 5.24. The number of aromatic amines is 1. The van der Waals surface area contributed by atoms with Crippen molar-refractivity contribution in [3.63, 3.8) is 0 Å². The molecule has 0 aliphatic carbocycles. The maximum atomic E-state index is 3.98. The van der Waals surface area contributed by atoms with E-state index in [1.807, 2.05) is 6.20 Å². The molecule has 4 nitrogen and oxygen atoms in total. The van der Waals surface area contributed by atoms with Gasteiger partial charge in [0.25, 0.3) is 0 Å². The van der Waals surface area contributed by atoms with Crippen LogP contribution in [0.15, 0.2) is 12.5 Å². The van der Waals surface area contributed by atoms with E-state index in [1.54, 1.807) is 6.33 Å². The first-order chi connectivity index (χ1) is 6.86. The van der Waals surface area contributed by atoms with Crippen LogP contribution in [0.1, 0.15) is 18.5 Å². The van der Waals surface area contributed by atoms with Crippen LogP contribution in [0.3, 0.4) is 0 Å². The summed E-state index contributed by atoms with van der Waals surface area (Å²) >= 11 is 0. The molecule has 1 aliphatic heterocycles. The summed E-state index contributed by atoms with van der Waals surface area (Å²) in [7, 11) is 2.20. The number of hydrogen-bond acceptors (Lipinski definition) is 3. The Bertz CT molecular complexity index is 257. The van der Waals surface area contributed by atoms with Crippen LogP contribution in [0.5, 0.6) is 0 Å². The van der Waals surface area contributed by atoms with Crippen molar-refractivity contribution in [3.05, 3.63) is 18.2 Å². The smallest absolute Gasteiger partial charge is 0.0922 e. The fourth-order valence-electron chi connectivity index (χ4n) is 1.99. The summed E-state index contributed by atoms with van der Waals surface area (Å²) in [6.45, 7) is 3.22. The van der Waals surface area contributed by atoms with Crippen molar-refractivity contribution in [2.45, 2.75) is 25.4 Å². The van der Waals surface area contributed by atoms with Gasteiger partial charge >= 0.3 is 0 Å². The van der Waals surface area contributed by atoms with Gasteiger partial charge < -0.3 is 15.2 Å². The van der Waals surface area contributed by atoms with E-state index < -0.39 is 0 Å². The van der Waals surface area contributed by atoms with Crippen LogP contribution < -0.4 is 5.32 Å². The fourth-order valence-corrected chi connectivity index (χ4v) is 1.99. The van der Waals surface area contributed by atoms with Gasteiger partial charge in [-0.3, -0.25) is 0 Å². The van der Waals surface area contributed by atoms with Gasteiger partial charge in [0.15, 0.2) is 0 Å². The van der Waals surface area contributed by atoms with Gasteiger partial charge in [-0.2, -0.15) is 0 Å². The molecule has 2 rings (SSSR count). The van der Waals surface area contributed by atoms with Gasteiger partial charge in [0.05, 0.1) is 6.33 Å². The molecule has 1 aromatic heterocycles. The second-order valence-corrected chi connectivity index (χ2v) is 3.98. The van der Waals surface area contributed by atoms with E-state index in [-0.39, 0.29) is 0 Å². The Balaban J connectivity index is 1.68. The van der Waals surface area contributed by atoms with E-state index in [0.717, 1.165) is 24.8 Å². The van der Waals surface area contributed by atoms with Crippen molar-refractivity contribution in [2.75, 3.05) is 20.1 Å². The SMILES string of the molecule is CN1CCCC1CNCc1cnc[nH]1. The molecule has 4 heteroatoms. The molecule has 2 heterocycles. The van der Waals surface area contributed by atoms with Crippen molar-refractivity contribution < 1.29 is 0 Å². The number of H-pyrrole nitrogens is 1. The van der Waals surface area contributed by atoms with Crippen LogP contribution in [0.4, 0.5) is 0 Å². The topological polar surface area (TPSA) is 44.0 Å². The Morgan fingerprint density at radius 3 is 3.29 bits per heavy atom. The highest BCUT2D eigenvalue weighted by Crippen LogP contribution is 2.13. The van der Waals surface area contributed by atoms with Crippen LogP contribution in [0, 0.1) is 0 Å². The van der Waals surface area contributed by atoms with E-state index in [9.17, 15) is 0 Å². The standard InChI is InChI=1S/C10H18N4/c1-14-4-2-3-10(14)7-11-5-9-6-12-8-13-9/h6,8,10-11H,2-5,7H2,1H3,(H,12,13). The summed E-state index contributed by atoms with van der Waals surface area (Å²) < 4.78 is 0. The van der Waals surface area contributed by atoms with E-state index in [0.29, 0.717) is 0 Å². The molecule has 1 saturated heterocycles. The molecule has 14 heavy (non-hydrogen) atoms. The van der Waals surface area contributed by atoms with Gasteiger partial charge in [-0.05, 0) is 26.4 Å². The van der Waals surface area contributed by atoms with Crippen molar-refractivity contribution in [1.82, 2.24) is 20.2 Å². The minimum Gasteiger partial charge on any atom is -0.347 e. The highest BCUT2D eigenvalue weighted by atomic mass is 15.2. The van der Waals surface area contributed by atoms with Gasteiger partial charge in [-0.1, -0.05) is 0 Å². The minimum atomic E-state index is 0.720. The quantitative estimate of drug-likeness (QED) is 0.737. The predicted molar refractivity (Wildman–Crippen MR) is 55.9 cm³/mol. The van der Waals surface area contributed by atoms with E-state index in [2.05, 4.69) is 27.2 Å². The molecular formula is C10H18N4. The van der Waals surface area contributed by atoms with Crippen LogP contribution in [0.25, 0.3) is 0 Å². The lowest BCUT2D eigenvalue weighted by molar-refractivity contribution is 0.300. The third-order valence-electron chi connectivity index (χ3n) is 2.92. The average molecular weight is 194 g/mol.